The van der Waals surface area contributed by atoms with Gasteiger partial charge in [0.15, 0.2) is 5.15 Å². The van der Waals surface area contributed by atoms with Gasteiger partial charge < -0.3 is 4.74 Å². The van der Waals surface area contributed by atoms with E-state index in [0.29, 0.717) is 15.9 Å². The largest absolute Gasteiger partial charge is 0.473 e. The van der Waals surface area contributed by atoms with Crippen LogP contribution in [0.3, 0.4) is 0 Å². The first kappa shape index (κ1) is 11.3. The first-order chi connectivity index (χ1) is 7.16. The topological polar surface area (TPSA) is 22.1 Å². The zero-order valence-corrected chi connectivity index (χ0v) is 10.2. The SMILES string of the molecule is Clc1cc(Cl)c(OC2CCCC2)nc1Cl. The predicted molar refractivity (Wildman–Crippen MR) is 62.2 cm³/mol. The number of rotatable bonds is 2. The van der Waals surface area contributed by atoms with Gasteiger partial charge in [0.2, 0.25) is 5.88 Å². The van der Waals surface area contributed by atoms with Crippen molar-refractivity contribution >= 4 is 34.8 Å². The summed E-state index contributed by atoms with van der Waals surface area (Å²) in [4.78, 5) is 4.02. The molecule has 5 heteroatoms. The Kier molecular flexibility index (Phi) is 3.60. The third-order valence-electron chi connectivity index (χ3n) is 2.44. The fraction of sp³-hybridized carbons (Fsp3) is 0.500. The Morgan fingerprint density at radius 2 is 1.80 bits per heavy atom. The van der Waals surface area contributed by atoms with Gasteiger partial charge in [-0.25, -0.2) is 0 Å². The van der Waals surface area contributed by atoms with Crippen LogP contribution in [-0.2, 0) is 0 Å². The molecule has 1 saturated carbocycles. The quantitative estimate of drug-likeness (QED) is 0.742. The molecular formula is C10H10Cl3NO. The lowest BCUT2D eigenvalue weighted by Gasteiger charge is -2.13. The Morgan fingerprint density at radius 1 is 1.13 bits per heavy atom. The molecule has 0 atom stereocenters. The number of nitrogens with zero attached hydrogens (tertiary/aromatic N) is 1. The second kappa shape index (κ2) is 4.77. The molecule has 1 fully saturated rings. The molecule has 0 spiro atoms. The highest BCUT2D eigenvalue weighted by Gasteiger charge is 2.19. The number of aromatic nitrogens is 1. The fourth-order valence-corrected chi connectivity index (χ4v) is 2.21. The summed E-state index contributed by atoms with van der Waals surface area (Å²) in [6.45, 7) is 0. The van der Waals surface area contributed by atoms with Crippen molar-refractivity contribution in [2.24, 2.45) is 0 Å². The summed E-state index contributed by atoms with van der Waals surface area (Å²) in [5.41, 5.74) is 0. The van der Waals surface area contributed by atoms with Crippen LogP contribution in [0.4, 0.5) is 0 Å². The molecular weight excluding hydrogens is 256 g/mol. The molecule has 0 amide bonds. The van der Waals surface area contributed by atoms with E-state index in [9.17, 15) is 0 Å². The second-order valence-electron chi connectivity index (χ2n) is 3.57. The summed E-state index contributed by atoms with van der Waals surface area (Å²) in [7, 11) is 0. The third-order valence-corrected chi connectivity index (χ3v) is 3.38. The number of halogens is 3. The van der Waals surface area contributed by atoms with Crippen molar-refractivity contribution in [2.75, 3.05) is 0 Å². The maximum absolute atomic E-state index is 5.95. The van der Waals surface area contributed by atoms with Gasteiger partial charge in [-0.2, -0.15) is 4.98 Å². The molecule has 1 aliphatic carbocycles. The number of hydrogen-bond donors (Lipinski definition) is 0. The summed E-state index contributed by atoms with van der Waals surface area (Å²) >= 11 is 17.5. The maximum Gasteiger partial charge on any atom is 0.234 e. The van der Waals surface area contributed by atoms with Crippen LogP contribution in [0.15, 0.2) is 6.07 Å². The summed E-state index contributed by atoms with van der Waals surface area (Å²) in [5, 5.41) is 0.991. The van der Waals surface area contributed by atoms with E-state index in [1.807, 2.05) is 0 Å². The second-order valence-corrected chi connectivity index (χ2v) is 4.74. The van der Waals surface area contributed by atoms with E-state index in [4.69, 9.17) is 39.5 Å². The van der Waals surface area contributed by atoms with E-state index in [-0.39, 0.29) is 11.3 Å². The minimum atomic E-state index is 0.215. The highest BCUT2D eigenvalue weighted by Crippen LogP contribution is 2.32. The van der Waals surface area contributed by atoms with Crippen LogP contribution in [-0.4, -0.2) is 11.1 Å². The zero-order chi connectivity index (χ0) is 10.8. The zero-order valence-electron chi connectivity index (χ0n) is 7.97. The molecule has 0 aromatic carbocycles. The van der Waals surface area contributed by atoms with Crippen molar-refractivity contribution in [1.82, 2.24) is 4.98 Å². The van der Waals surface area contributed by atoms with E-state index < -0.39 is 0 Å². The molecule has 0 aliphatic heterocycles. The summed E-state index contributed by atoms with van der Waals surface area (Å²) in [5.74, 6) is 0.387. The van der Waals surface area contributed by atoms with Gasteiger partial charge in [0.1, 0.15) is 11.1 Å². The van der Waals surface area contributed by atoms with Gasteiger partial charge in [-0.3, -0.25) is 0 Å². The highest BCUT2D eigenvalue weighted by atomic mass is 35.5. The molecule has 0 radical (unpaired) electrons. The van der Waals surface area contributed by atoms with Gasteiger partial charge >= 0.3 is 0 Å². The van der Waals surface area contributed by atoms with Gasteiger partial charge in [0.05, 0.1) is 5.02 Å². The van der Waals surface area contributed by atoms with Crippen molar-refractivity contribution in [3.63, 3.8) is 0 Å². The van der Waals surface area contributed by atoms with Gasteiger partial charge in [-0.15, -0.1) is 0 Å². The smallest absolute Gasteiger partial charge is 0.234 e. The van der Waals surface area contributed by atoms with Crippen LogP contribution in [0.2, 0.25) is 15.2 Å². The van der Waals surface area contributed by atoms with Crippen LogP contribution >= 0.6 is 34.8 Å². The van der Waals surface area contributed by atoms with Crippen molar-refractivity contribution in [2.45, 2.75) is 31.8 Å². The van der Waals surface area contributed by atoms with Gasteiger partial charge in [-0.1, -0.05) is 34.8 Å². The monoisotopic (exact) mass is 265 g/mol. The van der Waals surface area contributed by atoms with Gasteiger partial charge in [0.25, 0.3) is 0 Å². The molecule has 0 unspecified atom stereocenters. The molecule has 2 rings (SSSR count). The molecule has 0 bridgehead atoms. The summed E-state index contributed by atoms with van der Waals surface area (Å²) in [6, 6.07) is 1.56. The Morgan fingerprint density at radius 3 is 2.47 bits per heavy atom. The summed E-state index contributed by atoms with van der Waals surface area (Å²) in [6.07, 6.45) is 4.72. The Labute approximate surface area is 103 Å². The molecule has 1 aliphatic rings. The first-order valence-corrected chi connectivity index (χ1v) is 5.98. The van der Waals surface area contributed by atoms with E-state index in [1.54, 1.807) is 6.07 Å². The number of pyridine rings is 1. The average Bonchev–Trinajstić information content (AvgIpc) is 2.67. The van der Waals surface area contributed by atoms with Crippen molar-refractivity contribution in [3.05, 3.63) is 21.3 Å². The number of ether oxygens (including phenoxy) is 1. The fourth-order valence-electron chi connectivity index (χ4n) is 1.68. The average molecular weight is 267 g/mol. The Bertz CT molecular complexity index is 364. The first-order valence-electron chi connectivity index (χ1n) is 4.85. The van der Waals surface area contributed by atoms with Crippen LogP contribution in [0.25, 0.3) is 0 Å². The van der Waals surface area contributed by atoms with Crippen molar-refractivity contribution in [3.8, 4) is 5.88 Å². The van der Waals surface area contributed by atoms with E-state index in [1.165, 1.54) is 12.8 Å². The molecule has 1 aromatic rings. The molecule has 2 nitrogen and oxygen atoms in total. The Balaban J connectivity index is 2.16. The van der Waals surface area contributed by atoms with Crippen molar-refractivity contribution < 1.29 is 4.74 Å². The van der Waals surface area contributed by atoms with Gasteiger partial charge in [-0.05, 0) is 31.7 Å². The lowest BCUT2D eigenvalue weighted by Crippen LogP contribution is -2.12. The third kappa shape index (κ3) is 2.68. The van der Waals surface area contributed by atoms with Crippen LogP contribution in [0.5, 0.6) is 5.88 Å². The van der Waals surface area contributed by atoms with E-state index in [0.717, 1.165) is 12.8 Å². The predicted octanol–water partition coefficient (Wildman–Crippen LogP) is 4.36. The van der Waals surface area contributed by atoms with Crippen LogP contribution in [0, 0.1) is 0 Å². The molecule has 1 aromatic heterocycles. The van der Waals surface area contributed by atoms with Crippen LogP contribution < -0.4 is 4.74 Å². The standard InChI is InChI=1S/C10H10Cl3NO/c11-7-5-8(12)10(14-9(7)13)15-6-3-1-2-4-6/h5-6H,1-4H2. The van der Waals surface area contributed by atoms with E-state index >= 15 is 0 Å². The van der Waals surface area contributed by atoms with E-state index in [2.05, 4.69) is 4.98 Å². The summed E-state index contributed by atoms with van der Waals surface area (Å²) < 4.78 is 5.66. The lowest BCUT2D eigenvalue weighted by atomic mass is 10.3. The normalized spacial score (nSPS) is 17.0. The minimum absolute atomic E-state index is 0.215. The molecule has 1 heterocycles. The Hall–Kier alpha value is -0.180. The van der Waals surface area contributed by atoms with Crippen molar-refractivity contribution in [1.29, 1.82) is 0 Å². The highest BCUT2D eigenvalue weighted by molar-refractivity contribution is 6.42. The molecule has 0 saturated heterocycles. The maximum atomic E-state index is 5.95. The van der Waals surface area contributed by atoms with Crippen LogP contribution in [0.1, 0.15) is 25.7 Å². The molecule has 0 N–H and O–H groups in total. The lowest BCUT2D eigenvalue weighted by molar-refractivity contribution is 0.201. The molecule has 82 valence electrons. The number of hydrogen-bond acceptors (Lipinski definition) is 2. The molecule has 15 heavy (non-hydrogen) atoms. The minimum Gasteiger partial charge on any atom is -0.473 e. The van der Waals surface area contributed by atoms with Gasteiger partial charge in [0, 0.05) is 0 Å².